The van der Waals surface area contributed by atoms with Crippen LogP contribution in [0.3, 0.4) is 0 Å². The number of carbonyl (C=O) groups is 1. The summed E-state index contributed by atoms with van der Waals surface area (Å²) in [5.41, 5.74) is 9.55. The summed E-state index contributed by atoms with van der Waals surface area (Å²) in [6, 6.07) is 15.7. The normalized spacial score (nSPS) is 13.3. The van der Waals surface area contributed by atoms with E-state index in [-0.39, 0.29) is 22.3 Å². The van der Waals surface area contributed by atoms with Gasteiger partial charge in [-0.1, -0.05) is 35.9 Å². The minimum Gasteiger partial charge on any atom is -0.397 e. The van der Waals surface area contributed by atoms with Crippen LogP contribution in [-0.2, 0) is 0 Å². The van der Waals surface area contributed by atoms with Gasteiger partial charge in [-0.3, -0.25) is 14.6 Å². The number of carbonyl (C=O) groups excluding carboxylic acids is 1. The van der Waals surface area contributed by atoms with Crippen molar-refractivity contribution in [2.75, 3.05) is 11.1 Å². The number of nitrogens with one attached hydrogen (secondary N) is 1. The van der Waals surface area contributed by atoms with Crippen LogP contribution in [0.2, 0.25) is 5.02 Å². The molecule has 1 fully saturated rings. The number of nitrogens with two attached hydrogens (primary N) is 1. The Morgan fingerprint density at radius 2 is 1.97 bits per heavy atom. The zero-order valence-electron chi connectivity index (χ0n) is 18.2. The molecule has 3 heterocycles. The number of fused-ring (bicyclic) bond motifs is 1. The second-order valence-electron chi connectivity index (χ2n) is 8.33. The Kier molecular flexibility index (Phi) is 5.23. The van der Waals surface area contributed by atoms with Crippen molar-refractivity contribution in [2.45, 2.75) is 18.9 Å². The lowest BCUT2D eigenvalue weighted by Crippen LogP contribution is -2.32. The first-order chi connectivity index (χ1) is 17.0. The van der Waals surface area contributed by atoms with E-state index >= 15 is 0 Å². The van der Waals surface area contributed by atoms with Crippen LogP contribution in [0, 0.1) is 5.82 Å². The molecule has 1 aliphatic carbocycles. The van der Waals surface area contributed by atoms with Crippen LogP contribution in [0.4, 0.5) is 16.0 Å². The monoisotopic (exact) mass is 506 g/mol. The summed E-state index contributed by atoms with van der Waals surface area (Å²) < 4.78 is 21.1. The third-order valence-electron chi connectivity index (χ3n) is 5.82. The van der Waals surface area contributed by atoms with E-state index in [4.69, 9.17) is 26.8 Å². The molecule has 3 N–H and O–H groups in total. The van der Waals surface area contributed by atoms with Crippen LogP contribution in [0.5, 0.6) is 0 Å². The number of hydrogen-bond donors (Lipinski definition) is 2. The van der Waals surface area contributed by atoms with Crippen LogP contribution in [-0.4, -0.2) is 16.2 Å². The fraction of sp³-hybridized carbons (Fsp3) is 0.120. The number of pyridine rings is 1. The van der Waals surface area contributed by atoms with E-state index in [2.05, 4.69) is 10.6 Å². The van der Waals surface area contributed by atoms with Crippen molar-refractivity contribution in [3.05, 3.63) is 76.5 Å². The van der Waals surface area contributed by atoms with Crippen molar-refractivity contribution in [1.29, 1.82) is 0 Å². The molecule has 174 valence electrons. The van der Waals surface area contributed by atoms with Crippen LogP contribution < -0.4 is 15.7 Å². The summed E-state index contributed by atoms with van der Waals surface area (Å²) in [7, 11) is 0. The number of benzene rings is 2. The van der Waals surface area contributed by atoms with E-state index < -0.39 is 5.91 Å². The van der Waals surface area contributed by atoms with Crippen molar-refractivity contribution in [3.8, 4) is 22.4 Å². The maximum absolute atomic E-state index is 14.1. The van der Waals surface area contributed by atoms with Crippen LogP contribution in [0.25, 0.3) is 32.6 Å². The molecule has 1 aliphatic rings. The first kappa shape index (κ1) is 21.7. The van der Waals surface area contributed by atoms with E-state index in [0.717, 1.165) is 29.7 Å². The number of anilines is 2. The molecule has 3 aromatic heterocycles. The fourth-order valence-corrected chi connectivity index (χ4v) is 5.08. The molecule has 1 saturated carbocycles. The van der Waals surface area contributed by atoms with Gasteiger partial charge in [0.05, 0.1) is 11.4 Å². The lowest BCUT2D eigenvalue weighted by molar-refractivity contribution is -0.765. The van der Waals surface area contributed by atoms with Gasteiger partial charge in [-0.05, 0) is 46.1 Å². The van der Waals surface area contributed by atoms with Gasteiger partial charge in [0.15, 0.2) is 6.04 Å². The maximum Gasteiger partial charge on any atom is 0.302 e. The Morgan fingerprint density at radius 1 is 1.17 bits per heavy atom. The highest BCUT2D eigenvalue weighted by Crippen LogP contribution is 2.41. The Balaban J connectivity index is 1.46. The van der Waals surface area contributed by atoms with Crippen LogP contribution in [0.15, 0.2) is 65.3 Å². The molecule has 0 unspecified atom stereocenters. The molecule has 0 saturated heterocycles. The highest BCUT2D eigenvalue weighted by atomic mass is 35.5. The van der Waals surface area contributed by atoms with Crippen molar-refractivity contribution < 1.29 is 18.4 Å². The highest BCUT2D eigenvalue weighted by molar-refractivity contribution is 7.21. The molecule has 0 aliphatic heterocycles. The molecule has 10 heteroatoms. The number of halogens is 2. The molecular formula is C25H18ClFN5O2S+. The van der Waals surface area contributed by atoms with Gasteiger partial charge in [0, 0.05) is 28.8 Å². The summed E-state index contributed by atoms with van der Waals surface area (Å²) in [5, 5.41) is 7.87. The third-order valence-corrected chi connectivity index (χ3v) is 7.17. The number of nitrogens with zero attached hydrogens (tertiary/aromatic N) is 3. The van der Waals surface area contributed by atoms with Crippen molar-refractivity contribution in [3.63, 3.8) is 0 Å². The van der Waals surface area contributed by atoms with E-state index in [0.29, 0.717) is 38.1 Å². The maximum atomic E-state index is 14.1. The van der Waals surface area contributed by atoms with Gasteiger partial charge in [-0.15, -0.1) is 11.3 Å². The predicted octanol–water partition coefficient (Wildman–Crippen LogP) is 5.87. The molecule has 0 bridgehead atoms. The zero-order chi connectivity index (χ0) is 24.1. The predicted molar refractivity (Wildman–Crippen MR) is 133 cm³/mol. The van der Waals surface area contributed by atoms with E-state index in [1.807, 2.05) is 18.2 Å². The molecule has 7 nitrogen and oxygen atoms in total. The number of hydrogen-bond acceptors (Lipinski definition) is 6. The second-order valence-corrected chi connectivity index (χ2v) is 9.76. The average molecular weight is 507 g/mol. The summed E-state index contributed by atoms with van der Waals surface area (Å²) >= 11 is 7.22. The van der Waals surface area contributed by atoms with Crippen molar-refractivity contribution >= 4 is 50.6 Å². The Bertz CT molecular complexity index is 1590. The van der Waals surface area contributed by atoms with Crippen LogP contribution in [0.1, 0.15) is 28.6 Å². The highest BCUT2D eigenvalue weighted by Gasteiger charge is 2.36. The number of amides is 1. The quantitative estimate of drug-likeness (QED) is 0.291. The molecule has 5 aromatic rings. The Labute approximate surface area is 207 Å². The molecule has 2 aromatic carbocycles. The van der Waals surface area contributed by atoms with Crippen LogP contribution >= 0.6 is 22.9 Å². The summed E-state index contributed by atoms with van der Waals surface area (Å²) in [4.78, 5) is 18.7. The second kappa shape index (κ2) is 8.44. The first-order valence-electron chi connectivity index (χ1n) is 10.9. The minimum atomic E-state index is -0.428. The molecular weight excluding hydrogens is 489 g/mol. The molecule has 6 rings (SSSR count). The Morgan fingerprint density at radius 3 is 2.71 bits per heavy atom. The number of aromatic nitrogens is 3. The Hall–Kier alpha value is -3.82. The van der Waals surface area contributed by atoms with Gasteiger partial charge in [-0.2, -0.15) is 0 Å². The number of nitrogen functional groups attached to an aromatic ring is 1. The average Bonchev–Trinajstić information content (AvgIpc) is 3.51. The van der Waals surface area contributed by atoms with Gasteiger partial charge in [0.1, 0.15) is 15.5 Å². The summed E-state index contributed by atoms with van der Waals surface area (Å²) in [6.45, 7) is 0. The topological polar surface area (TPSA) is 97.9 Å². The van der Waals surface area contributed by atoms with Crippen molar-refractivity contribution in [1.82, 2.24) is 10.3 Å². The SMILES string of the molecule is Nc1c(C(=O)Nc2c[n+](C3CC3)no2)sc2nc(-c3ccc(Cl)cc3)cc(-c3cccc(F)c3)c12. The third kappa shape index (κ3) is 4.13. The van der Waals surface area contributed by atoms with E-state index in [1.54, 1.807) is 35.1 Å². The smallest absolute Gasteiger partial charge is 0.302 e. The molecule has 0 radical (unpaired) electrons. The van der Waals surface area contributed by atoms with Crippen molar-refractivity contribution in [2.24, 2.45) is 0 Å². The van der Waals surface area contributed by atoms with E-state index in [1.165, 1.54) is 12.1 Å². The van der Waals surface area contributed by atoms with Gasteiger partial charge in [0.25, 0.3) is 12.1 Å². The van der Waals surface area contributed by atoms with Gasteiger partial charge in [0.2, 0.25) is 5.27 Å². The lowest BCUT2D eigenvalue weighted by Gasteiger charge is -2.09. The zero-order valence-corrected chi connectivity index (χ0v) is 19.7. The lowest BCUT2D eigenvalue weighted by atomic mass is 9.99. The molecule has 0 spiro atoms. The van der Waals surface area contributed by atoms with E-state index in [9.17, 15) is 9.18 Å². The van der Waals surface area contributed by atoms with Gasteiger partial charge in [-0.25, -0.2) is 9.37 Å². The first-order valence-corrected chi connectivity index (χ1v) is 12.1. The molecule has 35 heavy (non-hydrogen) atoms. The summed E-state index contributed by atoms with van der Waals surface area (Å²) in [6.07, 6.45) is 3.74. The molecule has 0 atom stereocenters. The minimum absolute atomic E-state index is 0.235. The number of rotatable bonds is 5. The number of thiophene rings is 1. The standard InChI is InChI=1S/C25H17ClFN5O2S/c26-15-6-4-13(5-7-15)19-11-18(14-2-1-3-16(27)10-14)21-22(28)23(35-25(21)29-19)24(33)30-20-12-32(31-34-20)17-8-9-17/h1-7,10-12,17H,8-9H2,(H2-,28,30,31,33)/p+1. The van der Waals surface area contributed by atoms with Gasteiger partial charge < -0.3 is 5.73 Å². The van der Waals surface area contributed by atoms with Gasteiger partial charge >= 0.3 is 5.88 Å². The largest absolute Gasteiger partial charge is 0.397 e. The fourth-order valence-electron chi connectivity index (χ4n) is 3.94. The summed E-state index contributed by atoms with van der Waals surface area (Å²) in [5.74, 6) is -0.566. The molecule has 1 amide bonds.